The van der Waals surface area contributed by atoms with Gasteiger partial charge in [-0.1, -0.05) is 18.2 Å². The van der Waals surface area contributed by atoms with E-state index in [1.54, 1.807) is 0 Å². The standard InChI is InChI=1S/C9H11Si/c1-7-4-3-5-9(6-10)8(7)2/h3-5H,6H2,1-2H3. The van der Waals surface area contributed by atoms with Crippen LogP contribution >= 0.6 is 0 Å². The topological polar surface area (TPSA) is 0 Å². The highest BCUT2D eigenvalue weighted by molar-refractivity contribution is 6.08. The zero-order valence-corrected chi connectivity index (χ0v) is 7.44. The van der Waals surface area contributed by atoms with E-state index in [2.05, 4.69) is 42.3 Å². The highest BCUT2D eigenvalue weighted by Gasteiger charge is 1.95. The van der Waals surface area contributed by atoms with Gasteiger partial charge in [-0.3, -0.25) is 0 Å². The first kappa shape index (κ1) is 7.54. The molecule has 0 nitrogen and oxygen atoms in total. The Morgan fingerprint density at radius 3 is 2.50 bits per heavy atom. The summed E-state index contributed by atoms with van der Waals surface area (Å²) in [6, 6.07) is 7.33. The molecule has 1 aromatic rings. The van der Waals surface area contributed by atoms with Gasteiger partial charge in [0.25, 0.3) is 0 Å². The van der Waals surface area contributed by atoms with Gasteiger partial charge in [0.15, 0.2) is 0 Å². The van der Waals surface area contributed by atoms with Gasteiger partial charge in [0.05, 0.1) is 0 Å². The Kier molecular flexibility index (Phi) is 2.28. The number of aryl methyl sites for hydroxylation is 1. The van der Waals surface area contributed by atoms with Gasteiger partial charge >= 0.3 is 0 Å². The van der Waals surface area contributed by atoms with Crippen molar-refractivity contribution in [3.8, 4) is 0 Å². The summed E-state index contributed by atoms with van der Waals surface area (Å²) in [5.41, 5.74) is 4.16. The van der Waals surface area contributed by atoms with Crippen molar-refractivity contribution in [2.45, 2.75) is 19.9 Å². The van der Waals surface area contributed by atoms with Crippen molar-refractivity contribution in [2.24, 2.45) is 0 Å². The van der Waals surface area contributed by atoms with Crippen LogP contribution in [0.25, 0.3) is 0 Å². The second kappa shape index (κ2) is 3.02. The van der Waals surface area contributed by atoms with E-state index in [0.29, 0.717) is 0 Å². The van der Waals surface area contributed by atoms with Crippen molar-refractivity contribution in [2.75, 3.05) is 0 Å². The Bertz CT molecular complexity index is 228. The van der Waals surface area contributed by atoms with Gasteiger partial charge in [0.1, 0.15) is 0 Å². The molecule has 51 valence electrons. The molecule has 0 fully saturated rings. The van der Waals surface area contributed by atoms with Crippen molar-refractivity contribution in [3.63, 3.8) is 0 Å². The molecule has 0 unspecified atom stereocenters. The van der Waals surface area contributed by atoms with Gasteiger partial charge in [-0.2, -0.15) is 0 Å². The van der Waals surface area contributed by atoms with Gasteiger partial charge in [-0.05, 0) is 36.6 Å². The average Bonchev–Trinajstić information content (AvgIpc) is 1.95. The summed E-state index contributed by atoms with van der Waals surface area (Å²) in [5.74, 6) is 0. The molecule has 0 atom stereocenters. The number of rotatable bonds is 1. The summed E-state index contributed by atoms with van der Waals surface area (Å²) in [7, 11) is 3.49. The first-order chi connectivity index (χ1) is 4.75. The molecule has 0 aliphatic rings. The molecule has 10 heavy (non-hydrogen) atoms. The van der Waals surface area contributed by atoms with Crippen molar-refractivity contribution in [3.05, 3.63) is 34.9 Å². The molecule has 0 saturated heterocycles. The Labute approximate surface area is 65.7 Å². The number of benzene rings is 1. The fourth-order valence-electron chi connectivity index (χ4n) is 1.00. The molecule has 0 aliphatic carbocycles. The fourth-order valence-corrected chi connectivity index (χ4v) is 1.39. The summed E-state index contributed by atoms with van der Waals surface area (Å²) in [5, 5.41) is 0. The van der Waals surface area contributed by atoms with Crippen molar-refractivity contribution in [1.29, 1.82) is 0 Å². The lowest BCUT2D eigenvalue weighted by atomic mass is 10.1. The second-order valence-corrected chi connectivity index (χ2v) is 2.89. The van der Waals surface area contributed by atoms with Gasteiger partial charge in [0.2, 0.25) is 0 Å². The van der Waals surface area contributed by atoms with E-state index in [4.69, 9.17) is 0 Å². The molecule has 0 amide bonds. The molecule has 1 rings (SSSR count). The van der Waals surface area contributed by atoms with E-state index in [1.807, 2.05) is 0 Å². The Hall–Kier alpha value is -0.563. The fraction of sp³-hybridized carbons (Fsp3) is 0.333. The van der Waals surface area contributed by atoms with Crippen molar-refractivity contribution < 1.29 is 0 Å². The quantitative estimate of drug-likeness (QED) is 0.533. The molecule has 0 saturated carbocycles. The summed E-state index contributed by atoms with van der Waals surface area (Å²) < 4.78 is 0. The molecule has 0 N–H and O–H groups in total. The van der Waals surface area contributed by atoms with E-state index in [9.17, 15) is 0 Å². The SMILES string of the molecule is Cc1cccc(C[Si])c1C. The van der Waals surface area contributed by atoms with Crippen molar-refractivity contribution in [1.82, 2.24) is 0 Å². The van der Waals surface area contributed by atoms with Gasteiger partial charge < -0.3 is 0 Å². The number of hydrogen-bond acceptors (Lipinski definition) is 0. The van der Waals surface area contributed by atoms with Gasteiger partial charge in [-0.15, -0.1) is 0 Å². The largest absolute Gasteiger partial charge is 0.0617 e. The minimum absolute atomic E-state index is 0.952. The van der Waals surface area contributed by atoms with Crippen LogP contribution in [0.4, 0.5) is 0 Å². The predicted octanol–water partition coefficient (Wildman–Crippen LogP) is 1.97. The van der Waals surface area contributed by atoms with Crippen LogP contribution in [0, 0.1) is 13.8 Å². The molecule has 0 spiro atoms. The van der Waals surface area contributed by atoms with Crippen LogP contribution in [0.1, 0.15) is 16.7 Å². The molecular weight excluding hydrogens is 136 g/mol. The number of hydrogen-bond donors (Lipinski definition) is 0. The molecule has 0 aliphatic heterocycles. The maximum atomic E-state index is 3.49. The van der Waals surface area contributed by atoms with E-state index in [-0.39, 0.29) is 0 Å². The molecule has 3 radical (unpaired) electrons. The summed E-state index contributed by atoms with van der Waals surface area (Å²) in [4.78, 5) is 0. The Morgan fingerprint density at radius 1 is 1.30 bits per heavy atom. The monoisotopic (exact) mass is 147 g/mol. The highest BCUT2D eigenvalue weighted by atomic mass is 28.1. The predicted molar refractivity (Wildman–Crippen MR) is 45.4 cm³/mol. The zero-order valence-electron chi connectivity index (χ0n) is 6.44. The first-order valence-electron chi connectivity index (χ1n) is 3.45. The third kappa shape index (κ3) is 1.29. The average molecular weight is 147 g/mol. The van der Waals surface area contributed by atoms with Crippen LogP contribution in [0.2, 0.25) is 0 Å². The summed E-state index contributed by atoms with van der Waals surface area (Å²) >= 11 is 0. The third-order valence-electron chi connectivity index (χ3n) is 1.91. The molecular formula is C9H11Si. The zero-order chi connectivity index (χ0) is 7.56. The molecule has 0 aromatic heterocycles. The molecule has 1 aromatic carbocycles. The lowest BCUT2D eigenvalue weighted by molar-refractivity contribution is 1.24. The summed E-state index contributed by atoms with van der Waals surface area (Å²) in [6.45, 7) is 4.30. The molecule has 0 bridgehead atoms. The minimum atomic E-state index is 0.952. The van der Waals surface area contributed by atoms with Crippen LogP contribution < -0.4 is 0 Å². The smallest absolute Gasteiger partial charge is 0.0283 e. The minimum Gasteiger partial charge on any atom is -0.0617 e. The maximum Gasteiger partial charge on any atom is 0.0283 e. The second-order valence-electron chi connectivity index (χ2n) is 2.54. The van der Waals surface area contributed by atoms with Gasteiger partial charge in [0, 0.05) is 10.2 Å². The Morgan fingerprint density at radius 2 is 2.00 bits per heavy atom. The lowest BCUT2D eigenvalue weighted by Gasteiger charge is -2.04. The van der Waals surface area contributed by atoms with E-state index < -0.39 is 0 Å². The molecule has 0 heterocycles. The highest BCUT2D eigenvalue weighted by Crippen LogP contribution is 2.11. The van der Waals surface area contributed by atoms with E-state index in [0.717, 1.165) is 6.04 Å². The lowest BCUT2D eigenvalue weighted by Crippen LogP contribution is -1.90. The normalized spacial score (nSPS) is 9.90. The van der Waals surface area contributed by atoms with Crippen LogP contribution in [0.5, 0.6) is 0 Å². The van der Waals surface area contributed by atoms with Crippen LogP contribution in [-0.4, -0.2) is 10.2 Å². The van der Waals surface area contributed by atoms with Gasteiger partial charge in [-0.25, -0.2) is 0 Å². The summed E-state index contributed by atoms with van der Waals surface area (Å²) in [6.07, 6.45) is 0. The van der Waals surface area contributed by atoms with Crippen LogP contribution in [0.3, 0.4) is 0 Å². The van der Waals surface area contributed by atoms with E-state index >= 15 is 0 Å². The van der Waals surface area contributed by atoms with Crippen LogP contribution in [0.15, 0.2) is 18.2 Å². The first-order valence-corrected chi connectivity index (χ1v) is 4.16. The van der Waals surface area contributed by atoms with Crippen molar-refractivity contribution >= 4 is 10.2 Å². The maximum absolute atomic E-state index is 3.49. The third-order valence-corrected chi connectivity index (χ3v) is 2.29. The van der Waals surface area contributed by atoms with E-state index in [1.165, 1.54) is 16.7 Å². The Balaban J connectivity index is 3.14. The van der Waals surface area contributed by atoms with Crippen LogP contribution in [-0.2, 0) is 6.04 Å². The molecule has 1 heteroatoms.